The summed E-state index contributed by atoms with van der Waals surface area (Å²) in [7, 11) is 0. The first kappa shape index (κ1) is 16.8. The Hall–Kier alpha value is -3.02. The van der Waals surface area contributed by atoms with Gasteiger partial charge in [0.1, 0.15) is 12.1 Å². The molecule has 25 heavy (non-hydrogen) atoms. The summed E-state index contributed by atoms with van der Waals surface area (Å²) in [6, 6.07) is 11.8. The lowest BCUT2D eigenvalue weighted by Gasteiger charge is -2.10. The zero-order valence-electron chi connectivity index (χ0n) is 14.9. The third-order valence-electron chi connectivity index (χ3n) is 4.29. The van der Waals surface area contributed by atoms with E-state index in [9.17, 15) is 4.79 Å². The summed E-state index contributed by atoms with van der Waals surface area (Å²) in [4.78, 5) is 12.2. The van der Waals surface area contributed by atoms with Gasteiger partial charge < -0.3 is 0 Å². The number of para-hydroxylation sites is 1. The maximum Gasteiger partial charge on any atom is 0.261 e. The Bertz CT molecular complexity index is 971. The van der Waals surface area contributed by atoms with Crippen molar-refractivity contribution in [1.29, 1.82) is 0 Å². The van der Waals surface area contributed by atoms with Gasteiger partial charge in [-0.25, -0.2) is 10.1 Å². The largest absolute Gasteiger partial charge is 0.271 e. The predicted molar refractivity (Wildman–Crippen MR) is 98.5 cm³/mol. The van der Waals surface area contributed by atoms with Crippen molar-refractivity contribution in [3.63, 3.8) is 0 Å². The summed E-state index contributed by atoms with van der Waals surface area (Å²) in [5.41, 5.74) is 9.60. The van der Waals surface area contributed by atoms with E-state index in [4.69, 9.17) is 0 Å². The van der Waals surface area contributed by atoms with E-state index in [-0.39, 0.29) is 12.5 Å². The molecule has 128 valence electrons. The fourth-order valence-electron chi connectivity index (χ4n) is 2.76. The van der Waals surface area contributed by atoms with E-state index in [0.717, 1.165) is 27.9 Å². The van der Waals surface area contributed by atoms with Gasteiger partial charge in [0.25, 0.3) is 5.91 Å². The summed E-state index contributed by atoms with van der Waals surface area (Å²) in [5.74, 6) is -0.239. The quantitative estimate of drug-likeness (QED) is 0.588. The van der Waals surface area contributed by atoms with E-state index in [2.05, 4.69) is 46.8 Å². The molecule has 0 spiro atoms. The lowest BCUT2D eigenvalue weighted by Crippen LogP contribution is -2.25. The number of nitrogens with zero attached hydrogens (tertiary/aromatic N) is 4. The van der Waals surface area contributed by atoms with Gasteiger partial charge in [0.2, 0.25) is 0 Å². The zero-order chi connectivity index (χ0) is 18.0. The van der Waals surface area contributed by atoms with Crippen molar-refractivity contribution >= 4 is 22.7 Å². The number of rotatable bonds is 4. The normalized spacial score (nSPS) is 11.8. The Kier molecular flexibility index (Phi) is 4.61. The third-order valence-corrected chi connectivity index (χ3v) is 4.29. The number of carbonyl (C=O) groups excluding carboxylic acids is 1. The molecule has 0 radical (unpaired) electrons. The molecule has 0 aliphatic carbocycles. The lowest BCUT2D eigenvalue weighted by atomic mass is 9.98. The smallest absolute Gasteiger partial charge is 0.261 e. The Morgan fingerprint density at radius 3 is 2.64 bits per heavy atom. The molecule has 6 heteroatoms. The number of fused-ring (bicyclic) bond motifs is 1. The van der Waals surface area contributed by atoms with Crippen molar-refractivity contribution in [2.45, 2.75) is 34.2 Å². The highest BCUT2D eigenvalue weighted by Gasteiger charge is 2.09. The van der Waals surface area contributed by atoms with Crippen LogP contribution in [0.3, 0.4) is 0 Å². The molecule has 3 rings (SSSR count). The zero-order valence-corrected chi connectivity index (χ0v) is 14.9. The second-order valence-corrected chi connectivity index (χ2v) is 6.22. The number of carbonyl (C=O) groups is 1. The van der Waals surface area contributed by atoms with E-state index < -0.39 is 0 Å². The van der Waals surface area contributed by atoms with Gasteiger partial charge in [-0.3, -0.25) is 4.79 Å². The maximum absolute atomic E-state index is 12.2. The van der Waals surface area contributed by atoms with Gasteiger partial charge in [-0.05, 0) is 62.6 Å². The number of hydrogen-bond acceptors (Lipinski definition) is 4. The predicted octanol–water partition coefficient (Wildman–Crippen LogP) is 2.90. The first-order valence-corrected chi connectivity index (χ1v) is 8.15. The molecule has 0 atom stereocenters. The monoisotopic (exact) mass is 335 g/mol. The molecule has 0 aliphatic rings. The molecule has 0 bridgehead atoms. The molecule has 0 fully saturated rings. The highest BCUT2D eigenvalue weighted by molar-refractivity contribution is 6.00. The van der Waals surface area contributed by atoms with Crippen LogP contribution in [0.2, 0.25) is 0 Å². The first-order valence-electron chi connectivity index (χ1n) is 8.15. The number of hydrogen-bond donors (Lipinski definition) is 1. The first-order chi connectivity index (χ1) is 12.0. The van der Waals surface area contributed by atoms with Gasteiger partial charge in [0, 0.05) is 5.56 Å². The van der Waals surface area contributed by atoms with Gasteiger partial charge in [-0.15, -0.1) is 5.10 Å². The molecule has 2 aromatic carbocycles. The van der Waals surface area contributed by atoms with Crippen LogP contribution in [0.5, 0.6) is 0 Å². The van der Waals surface area contributed by atoms with Gasteiger partial charge in [-0.1, -0.05) is 23.4 Å². The number of aromatic nitrogens is 3. The molecule has 1 heterocycles. The standard InChI is InChI=1S/C19H21N5O/c1-12-9-14(3)16(10-13(12)2)15(4)20-22-19(25)11-24-18-8-6-5-7-17(18)21-23-24/h5-10H,11H2,1-4H3,(H,22,25)/b20-15-. The molecule has 0 saturated carbocycles. The van der Waals surface area contributed by atoms with Crippen molar-refractivity contribution in [3.05, 3.63) is 58.7 Å². The molecule has 1 amide bonds. The molecule has 1 N–H and O–H groups in total. The minimum absolute atomic E-state index is 0.0726. The van der Waals surface area contributed by atoms with Crippen LogP contribution in [0.15, 0.2) is 41.5 Å². The van der Waals surface area contributed by atoms with Crippen molar-refractivity contribution in [2.24, 2.45) is 5.10 Å². The number of amides is 1. The highest BCUT2D eigenvalue weighted by atomic mass is 16.2. The van der Waals surface area contributed by atoms with Crippen molar-refractivity contribution in [1.82, 2.24) is 20.4 Å². The summed E-state index contributed by atoms with van der Waals surface area (Å²) >= 11 is 0. The van der Waals surface area contributed by atoms with Crippen LogP contribution in [0.1, 0.15) is 29.2 Å². The molecular formula is C19H21N5O. The van der Waals surface area contributed by atoms with Crippen LogP contribution < -0.4 is 5.43 Å². The number of hydrazone groups is 1. The highest BCUT2D eigenvalue weighted by Crippen LogP contribution is 2.16. The second kappa shape index (κ2) is 6.84. The molecule has 0 unspecified atom stereocenters. The van der Waals surface area contributed by atoms with Crippen LogP contribution in [0.25, 0.3) is 11.0 Å². The molecule has 0 aliphatic heterocycles. The van der Waals surface area contributed by atoms with Crippen LogP contribution in [0.4, 0.5) is 0 Å². The maximum atomic E-state index is 12.2. The molecule has 1 aromatic heterocycles. The summed E-state index contributed by atoms with van der Waals surface area (Å²) in [5, 5.41) is 12.3. The molecule has 0 saturated heterocycles. The second-order valence-electron chi connectivity index (χ2n) is 6.22. The Morgan fingerprint density at radius 1 is 1.12 bits per heavy atom. The van der Waals surface area contributed by atoms with Gasteiger partial charge in [0.05, 0.1) is 11.2 Å². The SMILES string of the molecule is C/C(=N/NC(=O)Cn1nnc2ccccc21)c1cc(C)c(C)cc1C. The minimum Gasteiger partial charge on any atom is -0.271 e. The van der Waals surface area contributed by atoms with Crippen molar-refractivity contribution < 1.29 is 4.79 Å². The summed E-state index contributed by atoms with van der Waals surface area (Å²) < 4.78 is 1.57. The van der Waals surface area contributed by atoms with E-state index in [1.54, 1.807) is 4.68 Å². The van der Waals surface area contributed by atoms with Crippen LogP contribution in [-0.4, -0.2) is 26.6 Å². The number of benzene rings is 2. The van der Waals surface area contributed by atoms with Crippen LogP contribution in [-0.2, 0) is 11.3 Å². The number of nitrogens with one attached hydrogen (secondary N) is 1. The van der Waals surface area contributed by atoms with E-state index in [1.165, 1.54) is 11.1 Å². The van der Waals surface area contributed by atoms with Crippen LogP contribution >= 0.6 is 0 Å². The van der Waals surface area contributed by atoms with Gasteiger partial charge in [-0.2, -0.15) is 5.10 Å². The lowest BCUT2D eigenvalue weighted by molar-refractivity contribution is -0.121. The van der Waals surface area contributed by atoms with E-state index in [0.29, 0.717) is 0 Å². The molecule has 6 nitrogen and oxygen atoms in total. The molecule has 3 aromatic rings. The van der Waals surface area contributed by atoms with E-state index in [1.807, 2.05) is 38.1 Å². The van der Waals surface area contributed by atoms with Gasteiger partial charge >= 0.3 is 0 Å². The minimum atomic E-state index is -0.239. The van der Waals surface area contributed by atoms with Gasteiger partial charge in [0.15, 0.2) is 0 Å². The fraction of sp³-hybridized carbons (Fsp3) is 0.263. The Balaban J connectivity index is 1.73. The van der Waals surface area contributed by atoms with Crippen molar-refractivity contribution in [2.75, 3.05) is 0 Å². The average molecular weight is 335 g/mol. The third kappa shape index (κ3) is 3.57. The number of aryl methyl sites for hydroxylation is 3. The van der Waals surface area contributed by atoms with E-state index >= 15 is 0 Å². The Morgan fingerprint density at radius 2 is 1.84 bits per heavy atom. The fourth-order valence-corrected chi connectivity index (χ4v) is 2.76. The van der Waals surface area contributed by atoms with Crippen LogP contribution in [0, 0.1) is 20.8 Å². The summed E-state index contributed by atoms with van der Waals surface area (Å²) in [6.45, 7) is 8.17. The summed E-state index contributed by atoms with van der Waals surface area (Å²) in [6.07, 6.45) is 0. The topological polar surface area (TPSA) is 72.2 Å². The van der Waals surface area contributed by atoms with Crippen molar-refractivity contribution in [3.8, 4) is 0 Å². The average Bonchev–Trinajstić information content (AvgIpc) is 2.99. The Labute approximate surface area is 146 Å². The molecular weight excluding hydrogens is 314 g/mol.